The Morgan fingerprint density at radius 1 is 1.29 bits per heavy atom. The Morgan fingerprint density at radius 2 is 1.88 bits per heavy atom. The highest BCUT2D eigenvalue weighted by Crippen LogP contribution is 2.11. The number of benzene rings is 1. The third kappa shape index (κ3) is 4.17. The summed E-state index contributed by atoms with van der Waals surface area (Å²) in [6.45, 7) is 3.90. The number of aliphatic hydroxyl groups excluding tert-OH is 1. The van der Waals surface area contributed by atoms with Crippen LogP contribution < -0.4 is 5.32 Å². The Kier molecular flexibility index (Phi) is 5.12. The zero-order chi connectivity index (χ0) is 12.8. The molecule has 0 fully saturated rings. The number of nitrogens with one attached hydrogen (secondary N) is 1. The monoisotopic (exact) mass is 237 g/mol. The van der Waals surface area contributed by atoms with Crippen molar-refractivity contribution in [3.8, 4) is 0 Å². The lowest BCUT2D eigenvalue weighted by Crippen LogP contribution is -2.42. The summed E-state index contributed by atoms with van der Waals surface area (Å²) in [6.07, 6.45) is -0.684. The van der Waals surface area contributed by atoms with Crippen LogP contribution in [0.4, 0.5) is 0 Å². The fourth-order valence-electron chi connectivity index (χ4n) is 1.64. The number of hydrogen-bond acceptors (Lipinski definition) is 3. The van der Waals surface area contributed by atoms with E-state index in [2.05, 4.69) is 5.32 Å². The highest BCUT2D eigenvalue weighted by Gasteiger charge is 2.21. The first-order chi connectivity index (χ1) is 8.02. The molecule has 1 aromatic carbocycles. The predicted octanol–water partition coefficient (Wildman–Crippen LogP) is 1.42. The molecular formula is C13H19NO3. The van der Waals surface area contributed by atoms with Gasteiger partial charge in [-0.05, 0) is 11.5 Å². The zero-order valence-electron chi connectivity index (χ0n) is 10.1. The van der Waals surface area contributed by atoms with Gasteiger partial charge >= 0.3 is 5.97 Å². The first-order valence-electron chi connectivity index (χ1n) is 5.71. The van der Waals surface area contributed by atoms with Crippen LogP contribution in [-0.2, 0) is 4.79 Å². The second-order valence-electron chi connectivity index (χ2n) is 4.39. The molecule has 0 heterocycles. The van der Waals surface area contributed by atoms with E-state index in [1.165, 1.54) is 0 Å². The molecule has 0 spiro atoms. The van der Waals surface area contributed by atoms with Gasteiger partial charge < -0.3 is 15.5 Å². The number of carboxylic acids is 1. The average Bonchev–Trinajstić information content (AvgIpc) is 2.29. The van der Waals surface area contributed by atoms with E-state index in [0.717, 1.165) is 5.56 Å². The zero-order valence-corrected chi connectivity index (χ0v) is 10.1. The van der Waals surface area contributed by atoms with Gasteiger partial charge in [-0.3, -0.25) is 4.79 Å². The van der Waals surface area contributed by atoms with E-state index in [4.69, 9.17) is 5.11 Å². The Balaban J connectivity index is 2.52. The van der Waals surface area contributed by atoms with Crippen molar-refractivity contribution in [2.45, 2.75) is 26.0 Å². The fourth-order valence-corrected chi connectivity index (χ4v) is 1.64. The second-order valence-corrected chi connectivity index (χ2v) is 4.39. The minimum atomic E-state index is -0.889. The molecule has 0 radical (unpaired) electrons. The van der Waals surface area contributed by atoms with E-state index >= 15 is 0 Å². The topological polar surface area (TPSA) is 69.6 Å². The maximum atomic E-state index is 10.9. The normalized spacial score (nSPS) is 14.6. The molecule has 0 saturated carbocycles. The van der Waals surface area contributed by atoms with Crippen molar-refractivity contribution in [2.24, 2.45) is 5.92 Å². The molecule has 0 bridgehead atoms. The van der Waals surface area contributed by atoms with E-state index in [9.17, 15) is 9.90 Å². The van der Waals surface area contributed by atoms with Gasteiger partial charge in [-0.2, -0.15) is 0 Å². The van der Waals surface area contributed by atoms with Crippen LogP contribution in [0.5, 0.6) is 0 Å². The molecule has 3 N–H and O–H groups in total. The van der Waals surface area contributed by atoms with Crippen LogP contribution >= 0.6 is 0 Å². The average molecular weight is 237 g/mol. The molecule has 0 aliphatic carbocycles. The van der Waals surface area contributed by atoms with E-state index < -0.39 is 18.1 Å². The molecule has 0 aromatic heterocycles. The van der Waals surface area contributed by atoms with Crippen LogP contribution in [0, 0.1) is 5.92 Å². The molecule has 4 nitrogen and oxygen atoms in total. The van der Waals surface area contributed by atoms with E-state index in [1.54, 1.807) is 0 Å². The SMILES string of the molecule is CC(C)C(NCC(O)c1ccccc1)C(=O)O. The number of carbonyl (C=O) groups is 1. The van der Waals surface area contributed by atoms with Gasteiger partial charge in [0.1, 0.15) is 6.04 Å². The maximum Gasteiger partial charge on any atom is 0.320 e. The van der Waals surface area contributed by atoms with E-state index in [1.807, 2.05) is 44.2 Å². The summed E-state index contributed by atoms with van der Waals surface area (Å²) < 4.78 is 0. The van der Waals surface area contributed by atoms with Crippen molar-refractivity contribution >= 4 is 5.97 Å². The van der Waals surface area contributed by atoms with Crippen molar-refractivity contribution in [2.75, 3.05) is 6.54 Å². The molecule has 0 aliphatic heterocycles. The highest BCUT2D eigenvalue weighted by atomic mass is 16.4. The maximum absolute atomic E-state index is 10.9. The van der Waals surface area contributed by atoms with Gasteiger partial charge in [0.15, 0.2) is 0 Å². The fraction of sp³-hybridized carbons (Fsp3) is 0.462. The number of aliphatic hydroxyl groups is 1. The van der Waals surface area contributed by atoms with Crippen LogP contribution in [-0.4, -0.2) is 28.8 Å². The van der Waals surface area contributed by atoms with Gasteiger partial charge in [0.2, 0.25) is 0 Å². The summed E-state index contributed by atoms with van der Waals surface area (Å²) in [5, 5.41) is 21.7. The molecule has 1 aromatic rings. The predicted molar refractivity (Wildman–Crippen MR) is 65.7 cm³/mol. The first-order valence-corrected chi connectivity index (χ1v) is 5.71. The molecule has 94 valence electrons. The lowest BCUT2D eigenvalue weighted by molar-refractivity contribution is -0.140. The van der Waals surface area contributed by atoms with Crippen molar-refractivity contribution in [1.82, 2.24) is 5.32 Å². The molecule has 4 heteroatoms. The summed E-state index contributed by atoms with van der Waals surface area (Å²) in [5.41, 5.74) is 0.785. The molecule has 17 heavy (non-hydrogen) atoms. The van der Waals surface area contributed by atoms with Crippen LogP contribution in [0.25, 0.3) is 0 Å². The van der Waals surface area contributed by atoms with Crippen molar-refractivity contribution in [3.05, 3.63) is 35.9 Å². The van der Waals surface area contributed by atoms with Crippen molar-refractivity contribution in [1.29, 1.82) is 0 Å². The Hall–Kier alpha value is -1.39. The Bertz CT molecular complexity index is 351. The van der Waals surface area contributed by atoms with Gasteiger partial charge in [-0.25, -0.2) is 0 Å². The van der Waals surface area contributed by atoms with Crippen LogP contribution in [0.3, 0.4) is 0 Å². The van der Waals surface area contributed by atoms with Gasteiger partial charge in [-0.1, -0.05) is 44.2 Å². The Labute approximate surface area is 101 Å². The number of carboxylic acid groups (broad SMARTS) is 1. The van der Waals surface area contributed by atoms with Crippen LogP contribution in [0.15, 0.2) is 30.3 Å². The van der Waals surface area contributed by atoms with Gasteiger partial charge in [0.05, 0.1) is 6.10 Å². The molecule has 0 aliphatic rings. The summed E-state index contributed by atoms with van der Waals surface area (Å²) in [6, 6.07) is 8.56. The minimum Gasteiger partial charge on any atom is -0.480 e. The second kappa shape index (κ2) is 6.37. The summed E-state index contributed by atoms with van der Waals surface area (Å²) >= 11 is 0. The van der Waals surface area contributed by atoms with Crippen LogP contribution in [0.1, 0.15) is 25.5 Å². The Morgan fingerprint density at radius 3 is 2.35 bits per heavy atom. The van der Waals surface area contributed by atoms with Gasteiger partial charge in [0, 0.05) is 6.54 Å². The van der Waals surface area contributed by atoms with E-state index in [0.29, 0.717) is 0 Å². The molecule has 2 unspecified atom stereocenters. The van der Waals surface area contributed by atoms with E-state index in [-0.39, 0.29) is 12.5 Å². The van der Waals surface area contributed by atoms with Crippen LogP contribution in [0.2, 0.25) is 0 Å². The first kappa shape index (κ1) is 13.7. The lowest BCUT2D eigenvalue weighted by atomic mass is 10.0. The van der Waals surface area contributed by atoms with Gasteiger partial charge in [-0.15, -0.1) is 0 Å². The lowest BCUT2D eigenvalue weighted by Gasteiger charge is -2.20. The molecule has 0 amide bonds. The summed E-state index contributed by atoms with van der Waals surface area (Å²) in [5.74, 6) is -0.907. The molecule has 2 atom stereocenters. The van der Waals surface area contributed by atoms with Crippen molar-refractivity contribution in [3.63, 3.8) is 0 Å². The number of rotatable bonds is 6. The quantitative estimate of drug-likeness (QED) is 0.700. The number of aliphatic carboxylic acids is 1. The smallest absolute Gasteiger partial charge is 0.320 e. The largest absolute Gasteiger partial charge is 0.480 e. The summed E-state index contributed by atoms with van der Waals surface area (Å²) in [4.78, 5) is 10.9. The minimum absolute atomic E-state index is 0.0181. The van der Waals surface area contributed by atoms with Crippen molar-refractivity contribution < 1.29 is 15.0 Å². The molecule has 0 saturated heterocycles. The third-order valence-electron chi connectivity index (χ3n) is 2.65. The number of hydrogen-bond donors (Lipinski definition) is 3. The third-order valence-corrected chi connectivity index (χ3v) is 2.65. The molecular weight excluding hydrogens is 218 g/mol. The van der Waals surface area contributed by atoms with Gasteiger partial charge in [0.25, 0.3) is 0 Å². The standard InChI is InChI=1S/C13H19NO3/c1-9(2)12(13(16)17)14-8-11(15)10-6-4-3-5-7-10/h3-7,9,11-12,14-15H,8H2,1-2H3,(H,16,17). The summed E-state index contributed by atoms with van der Waals surface area (Å²) in [7, 11) is 0. The molecule has 1 rings (SSSR count). The highest BCUT2D eigenvalue weighted by molar-refractivity contribution is 5.73.